The first kappa shape index (κ1) is 17.3. The first-order valence-electron chi connectivity index (χ1n) is 10.2. The van der Waals surface area contributed by atoms with Crippen molar-refractivity contribution >= 4 is 0 Å². The van der Waals surface area contributed by atoms with Crippen LogP contribution in [0.4, 0.5) is 0 Å². The summed E-state index contributed by atoms with van der Waals surface area (Å²) in [7, 11) is 0. The second kappa shape index (κ2) is 6.08. The average Bonchev–Trinajstić information content (AvgIpc) is 2.82. The molecule has 0 N–H and O–H groups in total. The van der Waals surface area contributed by atoms with E-state index in [1.807, 2.05) is 0 Å². The van der Waals surface area contributed by atoms with Gasteiger partial charge in [0, 0.05) is 0 Å². The van der Waals surface area contributed by atoms with Gasteiger partial charge in [-0.1, -0.05) is 52.3 Å². The molecule has 3 rings (SSSR count). The van der Waals surface area contributed by atoms with E-state index in [0.29, 0.717) is 10.8 Å². The summed E-state index contributed by atoms with van der Waals surface area (Å²) >= 11 is 0. The highest BCUT2D eigenvalue weighted by molar-refractivity contribution is 5.22. The van der Waals surface area contributed by atoms with Gasteiger partial charge in [-0.05, 0) is 85.4 Å². The maximum Gasteiger partial charge on any atom is -0.00642 e. The SMILES string of the molecule is C=CC1(CCC(C)C)C(C)CCC2C3CCC(=C)C3(C)CCC21. The first-order chi connectivity index (χ1) is 10.8. The summed E-state index contributed by atoms with van der Waals surface area (Å²) in [5.41, 5.74) is 2.41. The van der Waals surface area contributed by atoms with E-state index in [1.165, 1.54) is 51.4 Å². The van der Waals surface area contributed by atoms with E-state index in [0.717, 1.165) is 29.6 Å². The highest BCUT2D eigenvalue weighted by Gasteiger charge is 2.57. The molecule has 3 fully saturated rings. The van der Waals surface area contributed by atoms with Crippen LogP contribution in [0.5, 0.6) is 0 Å². The van der Waals surface area contributed by atoms with Gasteiger partial charge < -0.3 is 0 Å². The zero-order chi connectivity index (χ0) is 16.8. The van der Waals surface area contributed by atoms with Crippen LogP contribution in [0.3, 0.4) is 0 Å². The molecule has 0 heteroatoms. The molecule has 6 atom stereocenters. The van der Waals surface area contributed by atoms with Crippen molar-refractivity contribution in [1.29, 1.82) is 0 Å². The molecule has 3 aliphatic carbocycles. The minimum Gasteiger partial charge on any atom is -0.103 e. The third-order valence-corrected chi connectivity index (χ3v) is 8.47. The summed E-state index contributed by atoms with van der Waals surface area (Å²) in [6, 6.07) is 0. The van der Waals surface area contributed by atoms with Crippen LogP contribution in [0.2, 0.25) is 0 Å². The molecule has 0 aromatic carbocycles. The molecule has 0 nitrogen and oxygen atoms in total. The Balaban J connectivity index is 1.90. The number of fused-ring (bicyclic) bond motifs is 3. The fourth-order valence-corrected chi connectivity index (χ4v) is 6.77. The van der Waals surface area contributed by atoms with Crippen LogP contribution in [0, 0.1) is 40.4 Å². The molecular weight excluding hydrogens is 276 g/mol. The summed E-state index contributed by atoms with van der Waals surface area (Å²) in [6.07, 6.45) is 13.5. The van der Waals surface area contributed by atoms with Crippen molar-refractivity contribution in [2.75, 3.05) is 0 Å². The number of rotatable bonds is 4. The standard InChI is InChI=1S/C23H38/c1-7-23(15-12-16(2)3)18(5)8-10-19-20-11-9-17(4)22(20,6)14-13-21(19)23/h7,16,18-21H,1,4,8-15H2,2-3,5-6H3. The molecular formula is C23H38. The molecule has 0 spiro atoms. The fraction of sp³-hybridized carbons (Fsp3) is 0.826. The van der Waals surface area contributed by atoms with Crippen molar-refractivity contribution in [1.82, 2.24) is 0 Å². The van der Waals surface area contributed by atoms with Crippen molar-refractivity contribution in [3.8, 4) is 0 Å². The van der Waals surface area contributed by atoms with Gasteiger partial charge in [-0.15, -0.1) is 6.58 Å². The van der Waals surface area contributed by atoms with Gasteiger partial charge in [-0.2, -0.15) is 0 Å². The molecule has 130 valence electrons. The van der Waals surface area contributed by atoms with E-state index in [-0.39, 0.29) is 0 Å². The lowest BCUT2D eigenvalue weighted by Gasteiger charge is -2.58. The Bertz CT molecular complexity index is 472. The Morgan fingerprint density at radius 3 is 2.57 bits per heavy atom. The zero-order valence-corrected chi connectivity index (χ0v) is 16.0. The molecule has 0 radical (unpaired) electrons. The first-order valence-corrected chi connectivity index (χ1v) is 10.2. The van der Waals surface area contributed by atoms with E-state index in [1.54, 1.807) is 5.57 Å². The van der Waals surface area contributed by atoms with Crippen molar-refractivity contribution in [3.63, 3.8) is 0 Å². The Kier molecular flexibility index (Phi) is 4.58. The summed E-state index contributed by atoms with van der Waals surface area (Å²) in [5, 5.41) is 0. The lowest BCUT2D eigenvalue weighted by atomic mass is 9.46. The monoisotopic (exact) mass is 314 g/mol. The maximum absolute atomic E-state index is 4.46. The molecule has 0 aromatic heterocycles. The van der Waals surface area contributed by atoms with Crippen molar-refractivity contribution in [2.45, 2.75) is 79.1 Å². The lowest BCUT2D eigenvalue weighted by molar-refractivity contribution is -0.0649. The topological polar surface area (TPSA) is 0 Å². The van der Waals surface area contributed by atoms with E-state index >= 15 is 0 Å². The molecule has 0 bridgehead atoms. The van der Waals surface area contributed by atoms with E-state index < -0.39 is 0 Å². The van der Waals surface area contributed by atoms with Crippen LogP contribution >= 0.6 is 0 Å². The van der Waals surface area contributed by atoms with Gasteiger partial charge in [0.25, 0.3) is 0 Å². The summed E-state index contributed by atoms with van der Waals surface area (Å²) in [4.78, 5) is 0. The summed E-state index contributed by atoms with van der Waals surface area (Å²) in [5.74, 6) is 4.33. The van der Waals surface area contributed by atoms with Gasteiger partial charge in [-0.25, -0.2) is 0 Å². The maximum atomic E-state index is 4.46. The summed E-state index contributed by atoms with van der Waals surface area (Å²) < 4.78 is 0. The Hall–Kier alpha value is -0.520. The van der Waals surface area contributed by atoms with E-state index in [2.05, 4.69) is 46.9 Å². The van der Waals surface area contributed by atoms with Crippen LogP contribution in [0.15, 0.2) is 24.8 Å². The average molecular weight is 315 g/mol. The molecule has 23 heavy (non-hydrogen) atoms. The zero-order valence-electron chi connectivity index (χ0n) is 16.0. The fourth-order valence-electron chi connectivity index (χ4n) is 6.77. The molecule has 0 aromatic rings. The molecule has 6 unspecified atom stereocenters. The number of hydrogen-bond acceptors (Lipinski definition) is 0. The van der Waals surface area contributed by atoms with Crippen LogP contribution in [0.1, 0.15) is 79.1 Å². The van der Waals surface area contributed by atoms with Crippen LogP contribution in [-0.2, 0) is 0 Å². The smallest absolute Gasteiger partial charge is 0.00642 e. The van der Waals surface area contributed by atoms with Crippen molar-refractivity contribution in [2.24, 2.45) is 40.4 Å². The largest absolute Gasteiger partial charge is 0.103 e. The third-order valence-electron chi connectivity index (χ3n) is 8.47. The minimum atomic E-state index is 0.401. The predicted octanol–water partition coefficient (Wildman–Crippen LogP) is 7.02. The second-order valence-corrected chi connectivity index (χ2v) is 9.70. The molecule has 0 saturated heterocycles. The number of hydrogen-bond donors (Lipinski definition) is 0. The van der Waals surface area contributed by atoms with Gasteiger partial charge >= 0.3 is 0 Å². The molecule has 0 heterocycles. The second-order valence-electron chi connectivity index (χ2n) is 9.70. The van der Waals surface area contributed by atoms with Gasteiger partial charge in [0.05, 0.1) is 0 Å². The highest BCUT2D eigenvalue weighted by atomic mass is 14.6. The normalized spacial score (nSPS) is 46.6. The van der Waals surface area contributed by atoms with Crippen molar-refractivity contribution in [3.05, 3.63) is 24.8 Å². The highest BCUT2D eigenvalue weighted by Crippen LogP contribution is 2.66. The third kappa shape index (κ3) is 2.56. The molecule has 3 aliphatic rings. The van der Waals surface area contributed by atoms with E-state index in [4.69, 9.17) is 0 Å². The van der Waals surface area contributed by atoms with Gasteiger partial charge in [0.1, 0.15) is 0 Å². The van der Waals surface area contributed by atoms with Crippen LogP contribution < -0.4 is 0 Å². The van der Waals surface area contributed by atoms with Crippen molar-refractivity contribution < 1.29 is 0 Å². The van der Waals surface area contributed by atoms with Gasteiger partial charge in [0.2, 0.25) is 0 Å². The lowest BCUT2D eigenvalue weighted by Crippen LogP contribution is -2.51. The summed E-state index contributed by atoms with van der Waals surface area (Å²) in [6.45, 7) is 18.6. The van der Waals surface area contributed by atoms with Crippen LogP contribution in [-0.4, -0.2) is 0 Å². The molecule has 0 aliphatic heterocycles. The Morgan fingerprint density at radius 1 is 1.17 bits per heavy atom. The van der Waals surface area contributed by atoms with E-state index in [9.17, 15) is 0 Å². The minimum absolute atomic E-state index is 0.401. The Labute approximate surface area is 144 Å². The number of allylic oxidation sites excluding steroid dienone is 2. The van der Waals surface area contributed by atoms with Gasteiger partial charge in [-0.3, -0.25) is 0 Å². The van der Waals surface area contributed by atoms with Gasteiger partial charge in [0.15, 0.2) is 0 Å². The molecule has 3 saturated carbocycles. The quantitative estimate of drug-likeness (QED) is 0.489. The molecule has 0 amide bonds. The Morgan fingerprint density at radius 2 is 1.91 bits per heavy atom. The van der Waals surface area contributed by atoms with Crippen LogP contribution in [0.25, 0.3) is 0 Å². The predicted molar refractivity (Wildman–Crippen MR) is 101 cm³/mol.